The van der Waals surface area contributed by atoms with E-state index in [4.69, 9.17) is 0 Å². The maximum atomic E-state index is 4.53. The first-order valence-electron chi connectivity index (χ1n) is 6.10. The first-order chi connectivity index (χ1) is 7.29. The zero-order valence-electron chi connectivity index (χ0n) is 9.79. The third-order valence-electron chi connectivity index (χ3n) is 3.18. The Kier molecular flexibility index (Phi) is 3.29. The SMILES string of the molecule is CCn1cc(C)nc1NC1CCCCC1. The van der Waals surface area contributed by atoms with Crippen LogP contribution in [0.15, 0.2) is 6.20 Å². The Morgan fingerprint density at radius 2 is 2.13 bits per heavy atom. The van der Waals surface area contributed by atoms with Gasteiger partial charge >= 0.3 is 0 Å². The number of imidazole rings is 1. The summed E-state index contributed by atoms with van der Waals surface area (Å²) in [6, 6.07) is 0.644. The van der Waals surface area contributed by atoms with Gasteiger partial charge in [0.15, 0.2) is 0 Å². The summed E-state index contributed by atoms with van der Waals surface area (Å²) in [5.41, 5.74) is 1.11. The zero-order chi connectivity index (χ0) is 10.7. The first-order valence-corrected chi connectivity index (χ1v) is 6.10. The fraction of sp³-hybridized carbons (Fsp3) is 0.750. The molecule has 0 radical (unpaired) electrons. The standard InChI is InChI=1S/C12H21N3/c1-3-15-9-10(2)13-12(15)14-11-7-5-4-6-8-11/h9,11H,3-8H2,1-2H3,(H,13,14). The van der Waals surface area contributed by atoms with Crippen molar-refractivity contribution >= 4 is 5.95 Å². The molecule has 0 saturated heterocycles. The third-order valence-corrected chi connectivity index (χ3v) is 3.18. The summed E-state index contributed by atoms with van der Waals surface area (Å²) >= 11 is 0. The van der Waals surface area contributed by atoms with Gasteiger partial charge in [0, 0.05) is 18.8 Å². The van der Waals surface area contributed by atoms with Crippen molar-refractivity contribution in [3.63, 3.8) is 0 Å². The highest BCUT2D eigenvalue weighted by Crippen LogP contribution is 2.21. The van der Waals surface area contributed by atoms with Crippen LogP contribution in [-0.2, 0) is 6.54 Å². The molecule has 1 aromatic heterocycles. The summed E-state index contributed by atoms with van der Waals surface area (Å²) in [6.45, 7) is 5.21. The molecule has 15 heavy (non-hydrogen) atoms. The van der Waals surface area contributed by atoms with Crippen molar-refractivity contribution in [1.29, 1.82) is 0 Å². The van der Waals surface area contributed by atoms with Crippen molar-refractivity contribution in [2.45, 2.75) is 58.5 Å². The molecule has 1 heterocycles. The van der Waals surface area contributed by atoms with E-state index in [1.807, 2.05) is 0 Å². The molecule has 1 saturated carbocycles. The van der Waals surface area contributed by atoms with Gasteiger partial charge in [-0.25, -0.2) is 4.98 Å². The van der Waals surface area contributed by atoms with Crippen molar-refractivity contribution < 1.29 is 0 Å². The highest BCUT2D eigenvalue weighted by atomic mass is 15.2. The van der Waals surface area contributed by atoms with Gasteiger partial charge in [0.2, 0.25) is 5.95 Å². The highest BCUT2D eigenvalue weighted by molar-refractivity contribution is 5.30. The van der Waals surface area contributed by atoms with Crippen LogP contribution in [0.5, 0.6) is 0 Å². The molecule has 3 nitrogen and oxygen atoms in total. The summed E-state index contributed by atoms with van der Waals surface area (Å²) in [6.07, 6.45) is 8.85. The first kappa shape index (κ1) is 10.5. The minimum absolute atomic E-state index is 0.644. The molecule has 1 N–H and O–H groups in total. The number of hydrogen-bond acceptors (Lipinski definition) is 2. The van der Waals surface area contributed by atoms with Crippen LogP contribution in [-0.4, -0.2) is 15.6 Å². The molecular weight excluding hydrogens is 186 g/mol. The predicted molar refractivity (Wildman–Crippen MR) is 63.1 cm³/mol. The summed E-state index contributed by atoms with van der Waals surface area (Å²) in [5, 5.41) is 3.57. The van der Waals surface area contributed by atoms with Gasteiger partial charge in [-0.1, -0.05) is 19.3 Å². The fourth-order valence-electron chi connectivity index (χ4n) is 2.33. The summed E-state index contributed by atoms with van der Waals surface area (Å²) in [4.78, 5) is 4.53. The number of rotatable bonds is 3. The third kappa shape index (κ3) is 2.52. The number of nitrogens with one attached hydrogen (secondary N) is 1. The van der Waals surface area contributed by atoms with Gasteiger partial charge in [-0.15, -0.1) is 0 Å². The Bertz CT molecular complexity index is 311. The van der Waals surface area contributed by atoms with Crippen molar-refractivity contribution in [2.75, 3.05) is 5.32 Å². The van der Waals surface area contributed by atoms with E-state index in [0.717, 1.165) is 18.2 Å². The Hall–Kier alpha value is -0.990. The number of aromatic nitrogens is 2. The molecule has 1 fully saturated rings. The zero-order valence-corrected chi connectivity index (χ0v) is 9.79. The smallest absolute Gasteiger partial charge is 0.203 e. The molecule has 1 aromatic rings. The number of aryl methyl sites for hydroxylation is 2. The molecule has 0 unspecified atom stereocenters. The number of nitrogens with zero attached hydrogens (tertiary/aromatic N) is 2. The van der Waals surface area contributed by atoms with Crippen LogP contribution < -0.4 is 5.32 Å². The second-order valence-corrected chi connectivity index (χ2v) is 4.47. The Balaban J connectivity index is 2.02. The van der Waals surface area contributed by atoms with E-state index in [0.29, 0.717) is 6.04 Å². The molecule has 0 bridgehead atoms. The topological polar surface area (TPSA) is 29.9 Å². The maximum absolute atomic E-state index is 4.53. The molecule has 0 atom stereocenters. The van der Waals surface area contributed by atoms with E-state index in [2.05, 4.69) is 34.9 Å². The molecule has 0 amide bonds. The minimum atomic E-state index is 0.644. The summed E-state index contributed by atoms with van der Waals surface area (Å²) in [7, 11) is 0. The monoisotopic (exact) mass is 207 g/mol. The predicted octanol–water partition coefficient (Wildman–Crippen LogP) is 2.96. The largest absolute Gasteiger partial charge is 0.353 e. The van der Waals surface area contributed by atoms with E-state index in [1.165, 1.54) is 32.1 Å². The molecular formula is C12H21N3. The van der Waals surface area contributed by atoms with Gasteiger partial charge in [0.1, 0.15) is 0 Å². The van der Waals surface area contributed by atoms with Gasteiger partial charge in [0.25, 0.3) is 0 Å². The summed E-state index contributed by atoms with van der Waals surface area (Å²) in [5.74, 6) is 1.06. The number of hydrogen-bond donors (Lipinski definition) is 1. The molecule has 0 spiro atoms. The van der Waals surface area contributed by atoms with Gasteiger partial charge in [0.05, 0.1) is 5.69 Å². The van der Waals surface area contributed by atoms with Crippen LogP contribution in [0.3, 0.4) is 0 Å². The van der Waals surface area contributed by atoms with Gasteiger partial charge in [-0.3, -0.25) is 0 Å². The molecule has 0 aliphatic heterocycles. The number of anilines is 1. The van der Waals surface area contributed by atoms with Crippen LogP contribution in [0.25, 0.3) is 0 Å². The van der Waals surface area contributed by atoms with E-state index in [-0.39, 0.29) is 0 Å². The highest BCUT2D eigenvalue weighted by Gasteiger charge is 2.15. The van der Waals surface area contributed by atoms with Crippen molar-refractivity contribution in [1.82, 2.24) is 9.55 Å². The molecule has 1 aliphatic carbocycles. The van der Waals surface area contributed by atoms with Gasteiger partial charge < -0.3 is 9.88 Å². The van der Waals surface area contributed by atoms with Crippen LogP contribution in [0.2, 0.25) is 0 Å². The Labute approximate surface area is 91.9 Å². The molecule has 1 aliphatic rings. The van der Waals surface area contributed by atoms with Gasteiger partial charge in [-0.2, -0.15) is 0 Å². The van der Waals surface area contributed by atoms with E-state index in [1.54, 1.807) is 0 Å². The molecule has 0 aromatic carbocycles. The molecule has 3 heteroatoms. The minimum Gasteiger partial charge on any atom is -0.353 e. The van der Waals surface area contributed by atoms with Crippen LogP contribution >= 0.6 is 0 Å². The van der Waals surface area contributed by atoms with Crippen LogP contribution in [0.4, 0.5) is 5.95 Å². The Morgan fingerprint density at radius 1 is 1.40 bits per heavy atom. The van der Waals surface area contributed by atoms with E-state index >= 15 is 0 Å². The second kappa shape index (κ2) is 4.69. The normalized spacial score (nSPS) is 18.0. The maximum Gasteiger partial charge on any atom is 0.203 e. The van der Waals surface area contributed by atoms with Crippen molar-refractivity contribution in [3.8, 4) is 0 Å². The molecule has 2 rings (SSSR count). The molecule has 84 valence electrons. The van der Waals surface area contributed by atoms with E-state index in [9.17, 15) is 0 Å². The van der Waals surface area contributed by atoms with Crippen molar-refractivity contribution in [3.05, 3.63) is 11.9 Å². The quantitative estimate of drug-likeness (QED) is 0.825. The lowest BCUT2D eigenvalue weighted by atomic mass is 9.96. The lowest BCUT2D eigenvalue weighted by Gasteiger charge is -2.23. The lowest BCUT2D eigenvalue weighted by molar-refractivity contribution is 0.459. The van der Waals surface area contributed by atoms with Crippen molar-refractivity contribution in [2.24, 2.45) is 0 Å². The van der Waals surface area contributed by atoms with E-state index < -0.39 is 0 Å². The van der Waals surface area contributed by atoms with Gasteiger partial charge in [-0.05, 0) is 26.7 Å². The van der Waals surface area contributed by atoms with Crippen LogP contribution in [0, 0.1) is 6.92 Å². The fourth-order valence-corrected chi connectivity index (χ4v) is 2.33. The van der Waals surface area contributed by atoms with Crippen LogP contribution in [0.1, 0.15) is 44.7 Å². The lowest BCUT2D eigenvalue weighted by Crippen LogP contribution is -2.24. The second-order valence-electron chi connectivity index (χ2n) is 4.47. The average molecular weight is 207 g/mol. The Morgan fingerprint density at radius 3 is 2.80 bits per heavy atom. The average Bonchev–Trinajstić information content (AvgIpc) is 2.60. The summed E-state index contributed by atoms with van der Waals surface area (Å²) < 4.78 is 2.20.